The molecule has 2 N–H and O–H groups in total. The van der Waals surface area contributed by atoms with Crippen LogP contribution in [0, 0.1) is 12.8 Å². The van der Waals surface area contributed by atoms with Crippen LogP contribution < -0.4 is 5.73 Å². The van der Waals surface area contributed by atoms with Crippen LogP contribution in [0.3, 0.4) is 0 Å². The van der Waals surface area contributed by atoms with E-state index in [0.29, 0.717) is 23.7 Å². The van der Waals surface area contributed by atoms with Crippen molar-refractivity contribution in [1.29, 1.82) is 0 Å². The molecular formula is C15H25N3O2S. The first-order valence-corrected chi connectivity index (χ1v) is 8.76. The van der Waals surface area contributed by atoms with Gasteiger partial charge in [-0.3, -0.25) is 0 Å². The summed E-state index contributed by atoms with van der Waals surface area (Å²) < 4.78 is 27.0. The van der Waals surface area contributed by atoms with Gasteiger partial charge in [-0.1, -0.05) is 12.1 Å². The molecule has 1 heterocycles. The maximum absolute atomic E-state index is 12.7. The summed E-state index contributed by atoms with van der Waals surface area (Å²) in [6, 6.07) is 5.20. The predicted octanol–water partition coefficient (Wildman–Crippen LogP) is 1.54. The number of piperidine rings is 1. The van der Waals surface area contributed by atoms with Gasteiger partial charge in [0.1, 0.15) is 4.90 Å². The Morgan fingerprint density at radius 2 is 1.95 bits per heavy atom. The van der Waals surface area contributed by atoms with Crippen molar-refractivity contribution in [3.05, 3.63) is 23.8 Å². The van der Waals surface area contributed by atoms with Gasteiger partial charge in [-0.25, -0.2) is 12.7 Å². The highest BCUT2D eigenvalue weighted by Crippen LogP contribution is 2.27. The van der Waals surface area contributed by atoms with E-state index in [1.165, 1.54) is 4.31 Å². The quantitative estimate of drug-likeness (QED) is 0.857. The molecule has 1 aromatic rings. The molecule has 2 rings (SSSR count). The van der Waals surface area contributed by atoms with Crippen LogP contribution in [-0.2, 0) is 10.0 Å². The SMILES string of the molecule is Cc1cccc(N)c1S(=O)(=O)N(C)CC1CCN(C)CC1. The van der Waals surface area contributed by atoms with Gasteiger partial charge in [0.05, 0.1) is 5.69 Å². The number of nitrogens with two attached hydrogens (primary N) is 1. The summed E-state index contributed by atoms with van der Waals surface area (Å²) in [4.78, 5) is 2.53. The van der Waals surface area contributed by atoms with Crippen LogP contribution in [0.15, 0.2) is 23.1 Å². The molecule has 0 aromatic heterocycles. The van der Waals surface area contributed by atoms with Gasteiger partial charge < -0.3 is 10.6 Å². The smallest absolute Gasteiger partial charge is 0.245 e. The van der Waals surface area contributed by atoms with Crippen LogP contribution in [0.2, 0.25) is 0 Å². The first kappa shape index (κ1) is 16.3. The Labute approximate surface area is 127 Å². The molecule has 0 aliphatic carbocycles. The highest BCUT2D eigenvalue weighted by molar-refractivity contribution is 7.89. The number of hydrogen-bond donors (Lipinski definition) is 1. The lowest BCUT2D eigenvalue weighted by Gasteiger charge is -2.31. The van der Waals surface area contributed by atoms with Gasteiger partial charge in [0.2, 0.25) is 10.0 Å². The van der Waals surface area contributed by atoms with Gasteiger partial charge >= 0.3 is 0 Å². The summed E-state index contributed by atoms with van der Waals surface area (Å²) in [5.74, 6) is 0.422. The van der Waals surface area contributed by atoms with Crippen LogP contribution in [0.25, 0.3) is 0 Å². The fourth-order valence-electron chi connectivity index (χ4n) is 2.89. The number of aryl methyl sites for hydroxylation is 1. The van der Waals surface area contributed by atoms with Crippen molar-refractivity contribution < 1.29 is 8.42 Å². The van der Waals surface area contributed by atoms with Crippen molar-refractivity contribution in [2.45, 2.75) is 24.7 Å². The molecule has 0 unspecified atom stereocenters. The predicted molar refractivity (Wildman–Crippen MR) is 85.6 cm³/mol. The van der Waals surface area contributed by atoms with Crippen molar-refractivity contribution in [3.8, 4) is 0 Å². The van der Waals surface area contributed by atoms with Crippen molar-refractivity contribution in [1.82, 2.24) is 9.21 Å². The normalized spacial score (nSPS) is 18.3. The Hall–Kier alpha value is -1.11. The minimum atomic E-state index is -3.52. The molecule has 1 aliphatic heterocycles. The molecule has 118 valence electrons. The molecule has 1 aromatic carbocycles. The Bertz CT molecular complexity index is 573. The van der Waals surface area contributed by atoms with Crippen molar-refractivity contribution in [3.63, 3.8) is 0 Å². The lowest BCUT2D eigenvalue weighted by Crippen LogP contribution is -2.38. The van der Waals surface area contributed by atoms with Gasteiger partial charge in [-0.05, 0) is 57.5 Å². The number of sulfonamides is 1. The zero-order valence-corrected chi connectivity index (χ0v) is 13.9. The molecule has 1 saturated heterocycles. The molecular weight excluding hydrogens is 286 g/mol. The minimum Gasteiger partial charge on any atom is -0.398 e. The Morgan fingerprint density at radius 3 is 2.52 bits per heavy atom. The van der Waals surface area contributed by atoms with Crippen molar-refractivity contribution in [2.75, 3.05) is 39.5 Å². The molecule has 0 bridgehead atoms. The third kappa shape index (κ3) is 3.56. The first-order chi connectivity index (χ1) is 9.82. The Kier molecular flexibility index (Phi) is 4.91. The maximum atomic E-state index is 12.7. The van der Waals surface area contributed by atoms with Crippen LogP contribution >= 0.6 is 0 Å². The molecule has 5 nitrogen and oxygen atoms in total. The average Bonchev–Trinajstić information content (AvgIpc) is 2.40. The van der Waals surface area contributed by atoms with Crippen molar-refractivity contribution in [2.24, 2.45) is 5.92 Å². The lowest BCUT2D eigenvalue weighted by atomic mass is 9.97. The maximum Gasteiger partial charge on any atom is 0.245 e. The number of hydrogen-bond acceptors (Lipinski definition) is 4. The molecule has 0 saturated carbocycles. The molecule has 0 atom stereocenters. The number of nitrogens with zero attached hydrogens (tertiary/aromatic N) is 2. The second-order valence-electron chi connectivity index (χ2n) is 6.03. The van der Waals surface area contributed by atoms with Crippen LogP contribution in [0.1, 0.15) is 18.4 Å². The van der Waals surface area contributed by atoms with Crippen LogP contribution in [0.4, 0.5) is 5.69 Å². The summed E-state index contributed by atoms with van der Waals surface area (Å²) in [5.41, 5.74) is 6.91. The van der Waals surface area contributed by atoms with E-state index >= 15 is 0 Å². The van der Waals surface area contributed by atoms with E-state index in [4.69, 9.17) is 5.73 Å². The van der Waals surface area contributed by atoms with E-state index in [1.807, 2.05) is 0 Å². The fourth-order valence-corrected chi connectivity index (χ4v) is 4.45. The van der Waals surface area contributed by atoms with Gasteiger partial charge in [0, 0.05) is 13.6 Å². The largest absolute Gasteiger partial charge is 0.398 e. The molecule has 0 spiro atoms. The summed E-state index contributed by atoms with van der Waals surface area (Å²) >= 11 is 0. The van der Waals surface area contributed by atoms with Gasteiger partial charge in [-0.2, -0.15) is 0 Å². The van der Waals surface area contributed by atoms with Crippen molar-refractivity contribution >= 4 is 15.7 Å². The number of nitrogen functional groups attached to an aromatic ring is 1. The topological polar surface area (TPSA) is 66.6 Å². The van der Waals surface area contributed by atoms with Gasteiger partial charge in [-0.15, -0.1) is 0 Å². The van der Waals surface area contributed by atoms with E-state index in [2.05, 4.69) is 11.9 Å². The lowest BCUT2D eigenvalue weighted by molar-refractivity contribution is 0.202. The van der Waals surface area contributed by atoms with E-state index in [1.54, 1.807) is 32.2 Å². The standard InChI is InChI=1S/C15H25N3O2S/c1-12-5-4-6-14(16)15(12)21(19,20)18(3)11-13-7-9-17(2)10-8-13/h4-6,13H,7-11,16H2,1-3H3. The average molecular weight is 311 g/mol. The number of benzene rings is 1. The minimum absolute atomic E-state index is 0.250. The number of anilines is 1. The zero-order chi connectivity index (χ0) is 15.6. The molecule has 6 heteroatoms. The Balaban J connectivity index is 2.16. The highest BCUT2D eigenvalue weighted by Gasteiger charge is 2.28. The van der Waals surface area contributed by atoms with E-state index in [-0.39, 0.29) is 4.90 Å². The third-order valence-corrected chi connectivity index (χ3v) is 6.31. The number of likely N-dealkylation sites (tertiary alicyclic amines) is 1. The monoisotopic (exact) mass is 311 g/mol. The Morgan fingerprint density at radius 1 is 1.33 bits per heavy atom. The first-order valence-electron chi connectivity index (χ1n) is 7.32. The molecule has 0 amide bonds. The fraction of sp³-hybridized carbons (Fsp3) is 0.600. The third-order valence-electron chi connectivity index (χ3n) is 4.26. The van der Waals surface area contributed by atoms with Crippen LogP contribution in [-0.4, -0.2) is 51.4 Å². The van der Waals surface area contributed by atoms with Crippen LogP contribution in [0.5, 0.6) is 0 Å². The summed E-state index contributed by atoms with van der Waals surface area (Å²) in [5, 5.41) is 0. The van der Waals surface area contributed by atoms with E-state index < -0.39 is 10.0 Å². The van der Waals surface area contributed by atoms with Gasteiger partial charge in [0.25, 0.3) is 0 Å². The molecule has 1 aliphatic rings. The van der Waals surface area contributed by atoms with E-state index in [0.717, 1.165) is 25.9 Å². The number of rotatable bonds is 4. The summed E-state index contributed by atoms with van der Waals surface area (Å²) in [6.07, 6.45) is 2.08. The molecule has 21 heavy (non-hydrogen) atoms. The molecule has 0 radical (unpaired) electrons. The second-order valence-corrected chi connectivity index (χ2v) is 8.01. The second kappa shape index (κ2) is 6.34. The zero-order valence-electron chi connectivity index (χ0n) is 13.0. The summed E-state index contributed by atoms with van der Waals surface area (Å²) in [6.45, 7) is 4.41. The summed E-state index contributed by atoms with van der Waals surface area (Å²) in [7, 11) is 0.236. The van der Waals surface area contributed by atoms with E-state index in [9.17, 15) is 8.42 Å². The highest BCUT2D eigenvalue weighted by atomic mass is 32.2. The molecule has 1 fully saturated rings. The van der Waals surface area contributed by atoms with Gasteiger partial charge in [0.15, 0.2) is 0 Å².